The number of imidazole rings is 1. The van der Waals surface area contributed by atoms with Gasteiger partial charge >= 0.3 is 6.09 Å². The summed E-state index contributed by atoms with van der Waals surface area (Å²) in [5.74, 6) is 0.760. The number of hydrogen-bond acceptors (Lipinski definition) is 4. The predicted octanol–water partition coefficient (Wildman–Crippen LogP) is 0.810. The number of rotatable bonds is 1. The van der Waals surface area contributed by atoms with E-state index in [1.165, 1.54) is 0 Å². The van der Waals surface area contributed by atoms with E-state index >= 15 is 0 Å². The maximum Gasteiger partial charge on any atom is 0.402 e. The maximum absolute atomic E-state index is 8.78. The summed E-state index contributed by atoms with van der Waals surface area (Å²) in [6, 6.07) is 5.59. The number of aromatic nitrogens is 2. The predicted molar refractivity (Wildman–Crippen MR) is 62.3 cm³/mol. The molecule has 1 aromatic heterocycles. The molecule has 0 atom stereocenters. The normalized spacial score (nSPS) is 9.31. The van der Waals surface area contributed by atoms with E-state index in [0.717, 1.165) is 22.7 Å². The first-order valence-corrected chi connectivity index (χ1v) is 4.44. The van der Waals surface area contributed by atoms with Crippen molar-refractivity contribution in [3.63, 3.8) is 0 Å². The van der Waals surface area contributed by atoms with Crippen molar-refractivity contribution in [2.75, 3.05) is 18.1 Å². The summed E-state index contributed by atoms with van der Waals surface area (Å²) in [4.78, 5) is 16.1. The number of nitrogens with two attached hydrogens (primary N) is 2. The Balaban J connectivity index is 0.000000280. The summed E-state index contributed by atoms with van der Waals surface area (Å²) in [5.41, 5.74) is 12.3. The second-order valence-corrected chi connectivity index (χ2v) is 2.95. The molecule has 7 nitrogen and oxygen atoms in total. The topological polar surface area (TPSA) is 130 Å². The lowest BCUT2D eigenvalue weighted by Crippen LogP contribution is -2.03. The SMILES string of the molecule is CNc1nc2ccc(N)cc2[nH]1.NC(=O)O. The molecule has 16 heavy (non-hydrogen) atoms. The molecule has 0 saturated carbocycles. The average Bonchev–Trinajstić information content (AvgIpc) is 2.58. The number of carbonyl (C=O) groups is 1. The summed E-state index contributed by atoms with van der Waals surface area (Å²) < 4.78 is 0. The Morgan fingerprint density at radius 2 is 2.19 bits per heavy atom. The number of carboxylic acid groups (broad SMARTS) is 1. The zero-order chi connectivity index (χ0) is 12.1. The van der Waals surface area contributed by atoms with Gasteiger partial charge in [-0.2, -0.15) is 0 Å². The van der Waals surface area contributed by atoms with Crippen LogP contribution in [0.4, 0.5) is 16.4 Å². The molecule has 0 aliphatic rings. The Morgan fingerprint density at radius 3 is 2.75 bits per heavy atom. The van der Waals surface area contributed by atoms with Gasteiger partial charge in [-0.05, 0) is 18.2 Å². The molecule has 7 heteroatoms. The standard InChI is InChI=1S/C8H10N4.CH3NO2/c1-10-8-11-6-3-2-5(9)4-7(6)12-8;2-1(3)4/h2-4H,9H2,1H3,(H2,10,11,12);2H2,(H,3,4). The van der Waals surface area contributed by atoms with E-state index in [0.29, 0.717) is 0 Å². The number of H-pyrrole nitrogens is 1. The van der Waals surface area contributed by atoms with Gasteiger partial charge in [0.2, 0.25) is 5.95 Å². The lowest BCUT2D eigenvalue weighted by Gasteiger charge is -1.89. The summed E-state index contributed by atoms with van der Waals surface area (Å²) in [5, 5.41) is 10.1. The number of hydrogen-bond donors (Lipinski definition) is 5. The van der Waals surface area contributed by atoms with Crippen LogP contribution in [0.3, 0.4) is 0 Å². The van der Waals surface area contributed by atoms with E-state index in [-0.39, 0.29) is 0 Å². The molecule has 0 spiro atoms. The number of fused-ring (bicyclic) bond motifs is 1. The molecule has 0 saturated heterocycles. The van der Waals surface area contributed by atoms with Crippen LogP contribution in [0.2, 0.25) is 0 Å². The van der Waals surface area contributed by atoms with E-state index in [2.05, 4.69) is 21.0 Å². The molecule has 2 rings (SSSR count). The zero-order valence-electron chi connectivity index (χ0n) is 8.69. The number of anilines is 2. The van der Waals surface area contributed by atoms with Crippen LogP contribution in [0.15, 0.2) is 18.2 Å². The Kier molecular flexibility index (Phi) is 3.54. The van der Waals surface area contributed by atoms with Crippen molar-refractivity contribution >= 4 is 28.8 Å². The van der Waals surface area contributed by atoms with Crippen LogP contribution < -0.4 is 16.8 Å². The molecule has 0 unspecified atom stereocenters. The fourth-order valence-corrected chi connectivity index (χ4v) is 1.15. The molecule has 1 amide bonds. The lowest BCUT2D eigenvalue weighted by atomic mass is 10.3. The highest BCUT2D eigenvalue weighted by Crippen LogP contribution is 2.16. The van der Waals surface area contributed by atoms with E-state index in [4.69, 9.17) is 15.6 Å². The van der Waals surface area contributed by atoms with Crippen molar-refractivity contribution in [3.05, 3.63) is 18.2 Å². The van der Waals surface area contributed by atoms with Gasteiger partial charge in [0.15, 0.2) is 0 Å². The van der Waals surface area contributed by atoms with Gasteiger partial charge in [0, 0.05) is 12.7 Å². The van der Waals surface area contributed by atoms with Crippen molar-refractivity contribution in [1.29, 1.82) is 0 Å². The van der Waals surface area contributed by atoms with Gasteiger partial charge in [-0.1, -0.05) is 0 Å². The molecule has 0 aliphatic heterocycles. The first-order valence-electron chi connectivity index (χ1n) is 4.44. The third-order valence-corrected chi connectivity index (χ3v) is 1.74. The first kappa shape index (κ1) is 11.6. The van der Waals surface area contributed by atoms with Crippen LogP contribution in [0.1, 0.15) is 0 Å². The minimum atomic E-state index is -1.33. The Labute approximate surface area is 91.5 Å². The second kappa shape index (κ2) is 4.87. The van der Waals surface area contributed by atoms with Crippen LogP contribution in [-0.2, 0) is 0 Å². The van der Waals surface area contributed by atoms with Gasteiger partial charge in [0.05, 0.1) is 11.0 Å². The number of nitrogens with zero attached hydrogens (tertiary/aromatic N) is 1. The summed E-state index contributed by atoms with van der Waals surface area (Å²) in [6.45, 7) is 0. The fourth-order valence-electron chi connectivity index (χ4n) is 1.15. The molecule has 86 valence electrons. The molecular formula is C9H13N5O2. The maximum atomic E-state index is 8.78. The van der Waals surface area contributed by atoms with Crippen molar-refractivity contribution in [2.24, 2.45) is 5.73 Å². The molecule has 0 radical (unpaired) electrons. The van der Waals surface area contributed by atoms with Gasteiger partial charge in [-0.25, -0.2) is 9.78 Å². The van der Waals surface area contributed by atoms with Gasteiger partial charge in [-0.3, -0.25) is 0 Å². The Morgan fingerprint density at radius 1 is 1.56 bits per heavy atom. The number of nitrogens with one attached hydrogen (secondary N) is 2. The van der Waals surface area contributed by atoms with Crippen molar-refractivity contribution in [3.8, 4) is 0 Å². The second-order valence-electron chi connectivity index (χ2n) is 2.95. The fraction of sp³-hybridized carbons (Fsp3) is 0.111. The van der Waals surface area contributed by atoms with Gasteiger partial charge in [0.1, 0.15) is 0 Å². The smallest absolute Gasteiger partial charge is 0.402 e. The van der Waals surface area contributed by atoms with E-state index in [1.54, 1.807) is 0 Å². The minimum Gasteiger partial charge on any atom is -0.465 e. The molecule has 7 N–H and O–H groups in total. The van der Waals surface area contributed by atoms with Gasteiger partial charge < -0.3 is 26.9 Å². The highest BCUT2D eigenvalue weighted by Gasteiger charge is 1.99. The highest BCUT2D eigenvalue weighted by molar-refractivity contribution is 5.80. The third-order valence-electron chi connectivity index (χ3n) is 1.74. The molecule has 0 aliphatic carbocycles. The van der Waals surface area contributed by atoms with E-state index < -0.39 is 6.09 Å². The monoisotopic (exact) mass is 223 g/mol. The van der Waals surface area contributed by atoms with Crippen LogP contribution in [-0.4, -0.2) is 28.2 Å². The van der Waals surface area contributed by atoms with Crippen molar-refractivity contribution in [2.45, 2.75) is 0 Å². The number of nitrogen functional groups attached to an aromatic ring is 1. The highest BCUT2D eigenvalue weighted by atomic mass is 16.4. The minimum absolute atomic E-state index is 0.744. The quantitative estimate of drug-likeness (QED) is 0.457. The number of primary amides is 1. The summed E-state index contributed by atoms with van der Waals surface area (Å²) >= 11 is 0. The third kappa shape index (κ3) is 3.05. The van der Waals surface area contributed by atoms with Crippen LogP contribution >= 0.6 is 0 Å². The average molecular weight is 223 g/mol. The molecule has 1 aromatic carbocycles. The van der Waals surface area contributed by atoms with Crippen LogP contribution in [0.5, 0.6) is 0 Å². The van der Waals surface area contributed by atoms with Crippen LogP contribution in [0, 0.1) is 0 Å². The molecular weight excluding hydrogens is 210 g/mol. The van der Waals surface area contributed by atoms with Crippen molar-refractivity contribution < 1.29 is 9.90 Å². The lowest BCUT2D eigenvalue weighted by molar-refractivity contribution is 0.205. The number of benzene rings is 1. The van der Waals surface area contributed by atoms with Crippen LogP contribution in [0.25, 0.3) is 11.0 Å². The molecule has 1 heterocycles. The van der Waals surface area contributed by atoms with Crippen molar-refractivity contribution in [1.82, 2.24) is 9.97 Å². The number of amides is 1. The van der Waals surface area contributed by atoms with E-state index in [9.17, 15) is 0 Å². The molecule has 2 aromatic rings. The summed E-state index contributed by atoms with van der Waals surface area (Å²) in [6.07, 6.45) is -1.33. The number of aromatic amines is 1. The Bertz CT molecular complexity index is 490. The van der Waals surface area contributed by atoms with Gasteiger partial charge in [-0.15, -0.1) is 0 Å². The first-order chi connectivity index (χ1) is 7.52. The molecule has 0 bridgehead atoms. The zero-order valence-corrected chi connectivity index (χ0v) is 8.69. The Hall–Kier alpha value is -2.44. The van der Waals surface area contributed by atoms with Gasteiger partial charge in [0.25, 0.3) is 0 Å². The van der Waals surface area contributed by atoms with E-state index in [1.807, 2.05) is 25.2 Å². The largest absolute Gasteiger partial charge is 0.465 e. The molecule has 0 fully saturated rings. The summed E-state index contributed by atoms with van der Waals surface area (Å²) in [7, 11) is 1.82.